The fourth-order valence-electron chi connectivity index (χ4n) is 2.79. The molecule has 0 radical (unpaired) electrons. The zero-order valence-electron chi connectivity index (χ0n) is 15.3. The smallest absolute Gasteiger partial charge is 0.277 e. The van der Waals surface area contributed by atoms with Crippen LogP contribution in [0.15, 0.2) is 57.5 Å². The Labute approximate surface area is 174 Å². The number of methoxy groups -OCH3 is 1. The molecule has 3 heterocycles. The molecule has 0 spiro atoms. The van der Waals surface area contributed by atoms with E-state index < -0.39 is 0 Å². The lowest BCUT2D eigenvalue weighted by atomic mass is 10.2. The minimum Gasteiger partial charge on any atom is -0.497 e. The third-order valence-corrected chi connectivity index (χ3v) is 6.05. The van der Waals surface area contributed by atoms with E-state index in [9.17, 15) is 0 Å². The Balaban J connectivity index is 1.25. The molecule has 5 rings (SSSR count). The molecule has 7 nitrogen and oxygen atoms in total. The number of rotatable bonds is 6. The Kier molecular flexibility index (Phi) is 4.82. The molecule has 9 heteroatoms. The van der Waals surface area contributed by atoms with Gasteiger partial charge >= 0.3 is 0 Å². The fourth-order valence-corrected chi connectivity index (χ4v) is 4.38. The highest BCUT2D eigenvalue weighted by Crippen LogP contribution is 2.36. The largest absolute Gasteiger partial charge is 0.497 e. The molecule has 146 valence electrons. The quantitative estimate of drug-likeness (QED) is 0.404. The summed E-state index contributed by atoms with van der Waals surface area (Å²) in [6.45, 7) is 0.232. The molecule has 4 aromatic rings. The fraction of sp³-hybridized carbons (Fsp3) is 0.150. The van der Waals surface area contributed by atoms with Crippen molar-refractivity contribution in [2.24, 2.45) is 0 Å². The Morgan fingerprint density at radius 2 is 1.86 bits per heavy atom. The van der Waals surface area contributed by atoms with Gasteiger partial charge in [0.05, 0.1) is 12.8 Å². The first-order valence-corrected chi connectivity index (χ1v) is 10.6. The number of fused-ring (bicyclic) bond motifs is 1. The second-order valence-corrected chi connectivity index (χ2v) is 7.89. The summed E-state index contributed by atoms with van der Waals surface area (Å²) in [5.41, 5.74) is 2.83. The molecule has 0 N–H and O–H groups in total. The Bertz CT molecular complexity index is 1140. The normalized spacial score (nSPS) is 12.3. The van der Waals surface area contributed by atoms with Crippen molar-refractivity contribution in [2.45, 2.75) is 11.0 Å². The summed E-state index contributed by atoms with van der Waals surface area (Å²) < 4.78 is 21.7. The van der Waals surface area contributed by atoms with Crippen LogP contribution in [0.1, 0.15) is 5.69 Å². The number of thioether (sulfide) groups is 1. The molecule has 2 aromatic carbocycles. The average molecular weight is 425 g/mol. The number of hydrogen-bond donors (Lipinski definition) is 0. The van der Waals surface area contributed by atoms with E-state index >= 15 is 0 Å². The maximum Gasteiger partial charge on any atom is 0.277 e. The van der Waals surface area contributed by atoms with Crippen molar-refractivity contribution < 1.29 is 18.6 Å². The first kappa shape index (κ1) is 18.0. The summed E-state index contributed by atoms with van der Waals surface area (Å²) in [4.78, 5) is 4.69. The van der Waals surface area contributed by atoms with E-state index in [0.717, 1.165) is 33.3 Å². The predicted molar refractivity (Wildman–Crippen MR) is 110 cm³/mol. The first-order chi connectivity index (χ1) is 14.3. The molecular weight excluding hydrogens is 410 g/mol. The van der Waals surface area contributed by atoms with E-state index in [1.54, 1.807) is 18.4 Å². The lowest BCUT2D eigenvalue weighted by molar-refractivity contribution is 0.174. The highest BCUT2D eigenvalue weighted by Gasteiger charge is 2.17. The van der Waals surface area contributed by atoms with Gasteiger partial charge in [0.25, 0.3) is 5.22 Å². The average Bonchev–Trinajstić information content (AvgIpc) is 3.52. The molecule has 0 fully saturated rings. The lowest BCUT2D eigenvalue weighted by Crippen LogP contribution is -1.92. The van der Waals surface area contributed by atoms with Crippen LogP contribution in [0.4, 0.5) is 0 Å². The number of nitrogens with zero attached hydrogens (tertiary/aromatic N) is 3. The third kappa shape index (κ3) is 3.79. The first-order valence-electron chi connectivity index (χ1n) is 8.73. The summed E-state index contributed by atoms with van der Waals surface area (Å²) in [6, 6.07) is 13.4. The molecule has 0 saturated carbocycles. The van der Waals surface area contributed by atoms with Crippen LogP contribution in [0.3, 0.4) is 0 Å². The van der Waals surface area contributed by atoms with Crippen LogP contribution in [0.5, 0.6) is 17.2 Å². The SMILES string of the molecule is COc1ccc(-c2nc(CSc3nnc(-c4ccc5c(c4)OCO5)o3)cs2)cc1. The van der Waals surface area contributed by atoms with E-state index in [1.807, 2.05) is 47.8 Å². The summed E-state index contributed by atoms with van der Waals surface area (Å²) in [7, 11) is 1.66. The van der Waals surface area contributed by atoms with E-state index in [1.165, 1.54) is 11.8 Å². The van der Waals surface area contributed by atoms with Crippen LogP contribution in [0.2, 0.25) is 0 Å². The van der Waals surface area contributed by atoms with Crippen LogP contribution in [0, 0.1) is 0 Å². The minimum atomic E-state index is 0.232. The molecule has 0 amide bonds. The van der Waals surface area contributed by atoms with Gasteiger partial charge in [-0.05, 0) is 42.5 Å². The van der Waals surface area contributed by atoms with Gasteiger partial charge in [0, 0.05) is 22.3 Å². The Morgan fingerprint density at radius 1 is 1.03 bits per heavy atom. The molecule has 1 aliphatic rings. The molecule has 1 aliphatic heterocycles. The van der Waals surface area contributed by atoms with E-state index in [0.29, 0.717) is 22.6 Å². The third-order valence-electron chi connectivity index (χ3n) is 4.26. The highest BCUT2D eigenvalue weighted by molar-refractivity contribution is 7.98. The van der Waals surface area contributed by atoms with E-state index in [-0.39, 0.29) is 6.79 Å². The van der Waals surface area contributed by atoms with Crippen molar-refractivity contribution in [1.29, 1.82) is 0 Å². The standard InChI is InChI=1S/C20H15N3O4S2/c1-24-15-5-2-12(3-6-15)19-21-14(9-28-19)10-29-20-23-22-18(27-20)13-4-7-16-17(8-13)26-11-25-16/h2-9H,10-11H2,1H3. The number of thiazole rings is 1. The van der Waals surface area contributed by atoms with Gasteiger partial charge in [0.1, 0.15) is 10.8 Å². The summed E-state index contributed by atoms with van der Waals surface area (Å²) in [5.74, 6) is 3.33. The van der Waals surface area contributed by atoms with E-state index in [2.05, 4.69) is 10.2 Å². The summed E-state index contributed by atoms with van der Waals surface area (Å²) >= 11 is 3.06. The molecule has 0 bridgehead atoms. The van der Waals surface area contributed by atoms with Gasteiger partial charge in [-0.15, -0.1) is 21.5 Å². The molecule has 0 atom stereocenters. The topological polar surface area (TPSA) is 79.5 Å². The van der Waals surface area contributed by atoms with Gasteiger partial charge in [0.2, 0.25) is 12.7 Å². The molecule has 0 unspecified atom stereocenters. The number of benzene rings is 2. The number of aromatic nitrogens is 3. The molecule has 2 aromatic heterocycles. The molecule has 0 aliphatic carbocycles. The van der Waals surface area contributed by atoms with Crippen molar-refractivity contribution in [3.8, 4) is 39.3 Å². The predicted octanol–water partition coefficient (Wildman–Crippen LogP) is 4.89. The van der Waals surface area contributed by atoms with Crippen LogP contribution < -0.4 is 14.2 Å². The highest BCUT2D eigenvalue weighted by atomic mass is 32.2. The number of ether oxygens (including phenoxy) is 3. The Morgan fingerprint density at radius 3 is 2.72 bits per heavy atom. The summed E-state index contributed by atoms with van der Waals surface area (Å²) in [5, 5.41) is 11.8. The van der Waals surface area contributed by atoms with Gasteiger partial charge in [-0.25, -0.2) is 4.98 Å². The maximum absolute atomic E-state index is 5.77. The number of hydrogen-bond acceptors (Lipinski definition) is 9. The Hall–Kier alpha value is -3.04. The summed E-state index contributed by atoms with van der Waals surface area (Å²) in [6.07, 6.45) is 0. The van der Waals surface area contributed by atoms with Crippen LogP contribution >= 0.6 is 23.1 Å². The van der Waals surface area contributed by atoms with Gasteiger partial charge in [-0.3, -0.25) is 0 Å². The van der Waals surface area contributed by atoms with Crippen molar-refractivity contribution in [3.05, 3.63) is 53.5 Å². The second-order valence-electron chi connectivity index (χ2n) is 6.10. The van der Waals surface area contributed by atoms with Crippen LogP contribution in [0.25, 0.3) is 22.0 Å². The van der Waals surface area contributed by atoms with Gasteiger partial charge < -0.3 is 18.6 Å². The monoisotopic (exact) mass is 425 g/mol. The van der Waals surface area contributed by atoms with Crippen LogP contribution in [-0.4, -0.2) is 29.1 Å². The maximum atomic E-state index is 5.77. The molecule has 0 saturated heterocycles. The van der Waals surface area contributed by atoms with Crippen molar-refractivity contribution in [2.75, 3.05) is 13.9 Å². The van der Waals surface area contributed by atoms with Gasteiger partial charge in [-0.1, -0.05) is 11.8 Å². The zero-order valence-corrected chi connectivity index (χ0v) is 17.0. The minimum absolute atomic E-state index is 0.232. The van der Waals surface area contributed by atoms with E-state index in [4.69, 9.17) is 23.6 Å². The van der Waals surface area contributed by atoms with Crippen molar-refractivity contribution in [3.63, 3.8) is 0 Å². The second kappa shape index (κ2) is 7.76. The van der Waals surface area contributed by atoms with Crippen LogP contribution in [-0.2, 0) is 5.75 Å². The molecule has 29 heavy (non-hydrogen) atoms. The van der Waals surface area contributed by atoms with Crippen molar-refractivity contribution in [1.82, 2.24) is 15.2 Å². The van der Waals surface area contributed by atoms with Gasteiger partial charge in [0.15, 0.2) is 11.5 Å². The molecular formula is C20H15N3O4S2. The lowest BCUT2D eigenvalue weighted by Gasteiger charge is -2.00. The zero-order chi connectivity index (χ0) is 19.6. The van der Waals surface area contributed by atoms with Gasteiger partial charge in [-0.2, -0.15) is 0 Å². The van der Waals surface area contributed by atoms with Crippen molar-refractivity contribution >= 4 is 23.1 Å².